The summed E-state index contributed by atoms with van der Waals surface area (Å²) in [6.45, 7) is 2.42. The van der Waals surface area contributed by atoms with Crippen LogP contribution in [0.25, 0.3) is 10.2 Å². The maximum absolute atomic E-state index is 13.0. The number of benzene rings is 2. The fourth-order valence-corrected chi connectivity index (χ4v) is 5.42. The molecule has 0 atom stereocenters. The van der Waals surface area contributed by atoms with Crippen LogP contribution in [0.1, 0.15) is 23.8 Å². The van der Waals surface area contributed by atoms with Crippen molar-refractivity contribution in [2.75, 3.05) is 36.4 Å². The van der Waals surface area contributed by atoms with Crippen LogP contribution < -0.4 is 15.1 Å². The van der Waals surface area contributed by atoms with Gasteiger partial charge in [0, 0.05) is 18.8 Å². The highest BCUT2D eigenvalue weighted by Crippen LogP contribution is 2.32. The zero-order chi connectivity index (χ0) is 19.8. The number of rotatable bonds is 3. The summed E-state index contributed by atoms with van der Waals surface area (Å²) in [5, 5.41) is 4.06. The first kappa shape index (κ1) is 18.3. The van der Waals surface area contributed by atoms with Crippen LogP contribution >= 0.6 is 11.3 Å². The number of nitrogens with one attached hydrogen (secondary N) is 2. The maximum atomic E-state index is 13.0. The molecular formula is C22H23N4O2S+. The van der Waals surface area contributed by atoms with Gasteiger partial charge in [-0.3, -0.25) is 14.5 Å². The van der Waals surface area contributed by atoms with Crippen molar-refractivity contribution in [2.45, 2.75) is 18.8 Å². The van der Waals surface area contributed by atoms with Crippen molar-refractivity contribution in [3.63, 3.8) is 0 Å². The first-order valence-corrected chi connectivity index (χ1v) is 10.9. The average molecular weight is 408 g/mol. The van der Waals surface area contributed by atoms with Gasteiger partial charge in [0.15, 0.2) is 6.54 Å². The number of thiazole rings is 1. The number of quaternary nitrogens is 1. The number of carbonyl (C=O) groups excluding carboxylic acids is 2. The van der Waals surface area contributed by atoms with E-state index in [1.165, 1.54) is 14.6 Å². The van der Waals surface area contributed by atoms with E-state index < -0.39 is 0 Å². The lowest BCUT2D eigenvalue weighted by molar-refractivity contribution is -0.897. The van der Waals surface area contributed by atoms with E-state index in [-0.39, 0.29) is 18.4 Å². The molecule has 0 aliphatic carbocycles. The largest absolute Gasteiger partial charge is 0.327 e. The molecule has 5 rings (SSSR count). The lowest BCUT2D eigenvalue weighted by atomic mass is 9.97. The third-order valence-electron chi connectivity index (χ3n) is 5.83. The number of hydrogen-bond donors (Lipinski definition) is 2. The molecule has 1 saturated heterocycles. The predicted octanol–water partition coefficient (Wildman–Crippen LogP) is 2.04. The van der Waals surface area contributed by atoms with E-state index in [9.17, 15) is 9.59 Å². The average Bonchev–Trinajstić information content (AvgIpc) is 3.18. The van der Waals surface area contributed by atoms with Crippen LogP contribution in [0.4, 0.5) is 11.4 Å². The second kappa shape index (κ2) is 7.57. The van der Waals surface area contributed by atoms with Gasteiger partial charge < -0.3 is 10.2 Å². The van der Waals surface area contributed by atoms with Crippen molar-refractivity contribution in [2.24, 2.45) is 0 Å². The molecule has 2 aliphatic heterocycles. The normalized spacial score (nSPS) is 21.7. The lowest BCUT2D eigenvalue weighted by Crippen LogP contribution is -3.14. The summed E-state index contributed by atoms with van der Waals surface area (Å²) in [5.41, 5.74) is 2.59. The minimum atomic E-state index is -0.137. The molecule has 3 heterocycles. The van der Waals surface area contributed by atoms with Gasteiger partial charge in [0.25, 0.3) is 5.91 Å². The fourth-order valence-electron chi connectivity index (χ4n) is 4.28. The Morgan fingerprint density at radius 1 is 1.14 bits per heavy atom. The molecule has 0 bridgehead atoms. The Kier molecular flexibility index (Phi) is 4.77. The number of hydrogen-bond acceptors (Lipinski definition) is 4. The molecule has 3 aromatic rings. The minimum Gasteiger partial charge on any atom is -0.327 e. The van der Waals surface area contributed by atoms with Crippen LogP contribution in [-0.4, -0.2) is 43.0 Å². The number of piperidine rings is 1. The van der Waals surface area contributed by atoms with E-state index >= 15 is 0 Å². The van der Waals surface area contributed by atoms with Crippen LogP contribution in [-0.2, 0) is 9.59 Å². The van der Waals surface area contributed by atoms with E-state index in [4.69, 9.17) is 4.98 Å². The number of likely N-dealkylation sites (tertiary alicyclic amines) is 1. The summed E-state index contributed by atoms with van der Waals surface area (Å²) in [7, 11) is 0. The van der Waals surface area contributed by atoms with Gasteiger partial charge in [-0.05, 0) is 24.3 Å². The lowest BCUT2D eigenvalue weighted by Gasteiger charge is -2.32. The highest BCUT2D eigenvalue weighted by Gasteiger charge is 2.31. The predicted molar refractivity (Wildman–Crippen MR) is 115 cm³/mol. The van der Waals surface area contributed by atoms with Crippen molar-refractivity contribution in [1.29, 1.82) is 0 Å². The van der Waals surface area contributed by atoms with Gasteiger partial charge >= 0.3 is 0 Å². The first-order valence-electron chi connectivity index (χ1n) is 10.1. The monoisotopic (exact) mass is 407 g/mol. The molecule has 2 aliphatic rings. The van der Waals surface area contributed by atoms with Gasteiger partial charge in [0.2, 0.25) is 5.91 Å². The number of fused-ring (bicyclic) bond motifs is 2. The number of carbonyl (C=O) groups is 2. The smallest absolute Gasteiger partial charge is 0.282 e. The first-order chi connectivity index (χ1) is 14.2. The Hall–Kier alpha value is -2.77. The summed E-state index contributed by atoms with van der Waals surface area (Å²) in [6.07, 6.45) is 2.08. The van der Waals surface area contributed by atoms with E-state index in [0.717, 1.165) is 37.1 Å². The van der Waals surface area contributed by atoms with Gasteiger partial charge in [-0.1, -0.05) is 24.3 Å². The highest BCUT2D eigenvalue weighted by atomic mass is 32.1. The number of anilines is 2. The van der Waals surface area contributed by atoms with Gasteiger partial charge in [-0.2, -0.15) is 0 Å². The van der Waals surface area contributed by atoms with E-state index in [0.29, 0.717) is 18.2 Å². The van der Waals surface area contributed by atoms with Gasteiger partial charge in [0.1, 0.15) is 6.54 Å². The maximum Gasteiger partial charge on any atom is 0.282 e. The van der Waals surface area contributed by atoms with E-state index in [1.54, 1.807) is 16.2 Å². The number of nitrogens with zero attached hydrogens (tertiary/aromatic N) is 2. The standard InChI is InChI=1S/C22H22N4O2S/c27-20-13-26(18-7-3-1-5-16(18)23-20)21(28)14-25-11-9-15(10-12-25)22-24-17-6-2-4-8-19(17)29-22/h1-8,15H,9-14H2,(H,23,27)/p+1. The molecule has 1 aromatic heterocycles. The van der Waals surface area contributed by atoms with E-state index in [1.807, 2.05) is 30.3 Å². The molecule has 1 fully saturated rings. The fraction of sp³-hybridized carbons (Fsp3) is 0.318. The molecule has 2 N–H and O–H groups in total. The summed E-state index contributed by atoms with van der Waals surface area (Å²) in [5.74, 6) is 0.357. The van der Waals surface area contributed by atoms with Gasteiger partial charge in [-0.15, -0.1) is 11.3 Å². The molecule has 148 valence electrons. The summed E-state index contributed by atoms with van der Waals surface area (Å²) >= 11 is 1.79. The molecular weight excluding hydrogens is 384 g/mol. The van der Waals surface area contributed by atoms with Crippen molar-refractivity contribution in [3.05, 3.63) is 53.5 Å². The third kappa shape index (κ3) is 3.63. The van der Waals surface area contributed by atoms with E-state index in [2.05, 4.69) is 23.5 Å². The Bertz CT molecular complexity index is 1040. The van der Waals surface area contributed by atoms with Gasteiger partial charge in [0.05, 0.1) is 39.7 Å². The summed E-state index contributed by atoms with van der Waals surface area (Å²) < 4.78 is 1.24. The van der Waals surface area contributed by atoms with Crippen LogP contribution in [0.3, 0.4) is 0 Å². The summed E-state index contributed by atoms with van der Waals surface area (Å²) in [4.78, 5) is 32.7. The molecule has 6 nitrogen and oxygen atoms in total. The molecule has 0 spiro atoms. The molecule has 0 unspecified atom stereocenters. The zero-order valence-corrected chi connectivity index (χ0v) is 16.9. The van der Waals surface area contributed by atoms with Crippen LogP contribution in [0.2, 0.25) is 0 Å². The second-order valence-electron chi connectivity index (χ2n) is 7.77. The molecule has 2 amide bonds. The Labute approximate surface area is 173 Å². The number of amides is 2. The topological polar surface area (TPSA) is 66.7 Å². The Balaban J connectivity index is 1.23. The van der Waals surface area contributed by atoms with Crippen molar-refractivity contribution in [1.82, 2.24) is 4.98 Å². The quantitative estimate of drug-likeness (QED) is 0.698. The van der Waals surface area contributed by atoms with Crippen molar-refractivity contribution >= 4 is 44.7 Å². The number of para-hydroxylation sites is 3. The van der Waals surface area contributed by atoms with Crippen LogP contribution in [0.5, 0.6) is 0 Å². The summed E-state index contributed by atoms with van der Waals surface area (Å²) in [6, 6.07) is 15.8. The van der Waals surface area contributed by atoms with Crippen LogP contribution in [0, 0.1) is 0 Å². The van der Waals surface area contributed by atoms with Crippen molar-refractivity contribution < 1.29 is 14.5 Å². The SMILES string of the molecule is O=C1CN(C(=O)C[NH+]2CCC(c3nc4ccccc4s3)CC2)c2ccccc2N1. The Morgan fingerprint density at radius 2 is 1.90 bits per heavy atom. The van der Waals surface area contributed by atoms with Gasteiger partial charge in [-0.25, -0.2) is 4.98 Å². The highest BCUT2D eigenvalue weighted by molar-refractivity contribution is 7.18. The van der Waals surface area contributed by atoms with Crippen molar-refractivity contribution in [3.8, 4) is 0 Å². The Morgan fingerprint density at radius 3 is 2.72 bits per heavy atom. The third-order valence-corrected chi connectivity index (χ3v) is 7.02. The molecule has 0 saturated carbocycles. The molecule has 2 aromatic carbocycles. The molecule has 0 radical (unpaired) electrons. The van der Waals surface area contributed by atoms with Crippen LogP contribution in [0.15, 0.2) is 48.5 Å². The molecule has 7 heteroatoms. The minimum absolute atomic E-state index is 0.0146. The second-order valence-corrected chi connectivity index (χ2v) is 8.83. The molecule has 29 heavy (non-hydrogen) atoms. The number of aromatic nitrogens is 1. The zero-order valence-electron chi connectivity index (χ0n) is 16.1.